The average molecular weight is 265 g/mol. The number of benzene rings is 1. The second-order valence-corrected chi connectivity index (χ2v) is 5.57. The van der Waals surface area contributed by atoms with Crippen LogP contribution in [0.4, 0.5) is 0 Å². The molecule has 3 rings (SSSR count). The summed E-state index contributed by atoms with van der Waals surface area (Å²) in [5, 5.41) is -0.0697. The van der Waals surface area contributed by atoms with Crippen molar-refractivity contribution in [2.24, 2.45) is 5.92 Å². The number of para-hydroxylation sites is 2. The first-order valence-electron chi connectivity index (χ1n) is 6.42. The van der Waals surface area contributed by atoms with Gasteiger partial charge in [0.15, 0.2) is 0 Å². The Balaban J connectivity index is 2.03. The van der Waals surface area contributed by atoms with Crippen molar-refractivity contribution in [1.29, 1.82) is 0 Å². The van der Waals surface area contributed by atoms with Crippen LogP contribution in [0, 0.1) is 5.92 Å². The summed E-state index contributed by atoms with van der Waals surface area (Å²) in [4.78, 5) is 4.64. The second kappa shape index (κ2) is 4.90. The van der Waals surface area contributed by atoms with E-state index >= 15 is 0 Å². The smallest absolute Gasteiger partial charge is 0.127 e. The first kappa shape index (κ1) is 12.0. The van der Waals surface area contributed by atoms with Crippen molar-refractivity contribution in [1.82, 2.24) is 9.55 Å². The molecule has 1 aromatic carbocycles. The van der Waals surface area contributed by atoms with E-state index in [1.165, 1.54) is 5.52 Å². The summed E-state index contributed by atoms with van der Waals surface area (Å²) in [7, 11) is 0. The number of alkyl halides is 1. The summed E-state index contributed by atoms with van der Waals surface area (Å²) in [6.07, 6.45) is 1.13. The minimum atomic E-state index is -0.0697. The van der Waals surface area contributed by atoms with Gasteiger partial charge in [0.2, 0.25) is 0 Å². The monoisotopic (exact) mass is 264 g/mol. The predicted molar refractivity (Wildman–Crippen MR) is 72.9 cm³/mol. The molecule has 96 valence electrons. The third-order valence-corrected chi connectivity index (χ3v) is 3.70. The third-order valence-electron chi connectivity index (χ3n) is 3.50. The Morgan fingerprint density at radius 2 is 2.33 bits per heavy atom. The molecule has 1 aromatic heterocycles. The number of hydrogen-bond donors (Lipinski definition) is 0. The fourth-order valence-corrected chi connectivity index (χ4v) is 2.74. The number of ether oxygens (including phenoxy) is 1. The Morgan fingerprint density at radius 3 is 3.06 bits per heavy atom. The van der Waals surface area contributed by atoms with Gasteiger partial charge in [-0.25, -0.2) is 4.98 Å². The van der Waals surface area contributed by atoms with Crippen molar-refractivity contribution >= 4 is 22.6 Å². The van der Waals surface area contributed by atoms with E-state index < -0.39 is 0 Å². The molecule has 3 nitrogen and oxygen atoms in total. The van der Waals surface area contributed by atoms with Crippen LogP contribution in [-0.2, 0) is 11.3 Å². The topological polar surface area (TPSA) is 27.1 Å². The predicted octanol–water partition coefficient (Wildman–Crippen LogP) is 3.37. The van der Waals surface area contributed by atoms with E-state index in [0.29, 0.717) is 5.92 Å². The van der Waals surface area contributed by atoms with Crippen LogP contribution in [0.25, 0.3) is 11.0 Å². The maximum Gasteiger partial charge on any atom is 0.127 e. The van der Waals surface area contributed by atoms with Gasteiger partial charge in [-0.3, -0.25) is 0 Å². The Labute approximate surface area is 112 Å². The van der Waals surface area contributed by atoms with E-state index in [1.807, 2.05) is 25.1 Å². The molecule has 1 aliphatic heterocycles. The molecule has 1 aliphatic rings. The highest BCUT2D eigenvalue weighted by Crippen LogP contribution is 2.27. The lowest BCUT2D eigenvalue weighted by Gasteiger charge is -2.14. The van der Waals surface area contributed by atoms with Crippen LogP contribution in [0.3, 0.4) is 0 Å². The number of hydrogen-bond acceptors (Lipinski definition) is 2. The van der Waals surface area contributed by atoms with Crippen LogP contribution in [-0.4, -0.2) is 22.8 Å². The number of nitrogens with zero attached hydrogens (tertiary/aromatic N) is 2. The first-order chi connectivity index (χ1) is 8.75. The first-order valence-corrected chi connectivity index (χ1v) is 6.86. The molecule has 0 bridgehead atoms. The molecule has 0 amide bonds. The van der Waals surface area contributed by atoms with Crippen molar-refractivity contribution in [3.63, 3.8) is 0 Å². The maximum absolute atomic E-state index is 6.25. The molecular formula is C14H17ClN2O. The zero-order valence-electron chi connectivity index (χ0n) is 10.5. The molecule has 0 aliphatic carbocycles. The van der Waals surface area contributed by atoms with Crippen LogP contribution >= 0.6 is 11.6 Å². The minimum Gasteiger partial charge on any atom is -0.381 e. The average Bonchev–Trinajstić information content (AvgIpc) is 2.98. The highest BCUT2D eigenvalue weighted by Gasteiger charge is 2.21. The molecule has 1 saturated heterocycles. The van der Waals surface area contributed by atoms with Gasteiger partial charge in [0.25, 0.3) is 0 Å². The summed E-state index contributed by atoms with van der Waals surface area (Å²) in [5.74, 6) is 1.54. The Bertz CT molecular complexity index is 544. The fourth-order valence-electron chi connectivity index (χ4n) is 2.58. The van der Waals surface area contributed by atoms with Gasteiger partial charge in [0, 0.05) is 19.1 Å². The molecule has 2 unspecified atom stereocenters. The van der Waals surface area contributed by atoms with Gasteiger partial charge in [-0.15, -0.1) is 11.6 Å². The minimum absolute atomic E-state index is 0.0697. The zero-order valence-corrected chi connectivity index (χ0v) is 11.2. The van der Waals surface area contributed by atoms with E-state index in [9.17, 15) is 0 Å². The fraction of sp³-hybridized carbons (Fsp3) is 0.500. The molecule has 2 heterocycles. The standard InChI is InChI=1S/C14H17ClN2O/c1-10(15)14-16-12-4-2-3-5-13(12)17(14)8-11-6-7-18-9-11/h2-5,10-11H,6-9H2,1H3. The van der Waals surface area contributed by atoms with Crippen molar-refractivity contribution in [2.75, 3.05) is 13.2 Å². The van der Waals surface area contributed by atoms with Gasteiger partial charge in [0.05, 0.1) is 23.0 Å². The van der Waals surface area contributed by atoms with Gasteiger partial charge in [-0.05, 0) is 25.5 Å². The van der Waals surface area contributed by atoms with Gasteiger partial charge in [0.1, 0.15) is 5.82 Å². The van der Waals surface area contributed by atoms with Crippen LogP contribution in [0.5, 0.6) is 0 Å². The molecule has 1 fully saturated rings. The molecule has 0 spiro atoms. The maximum atomic E-state index is 6.25. The van der Waals surface area contributed by atoms with Crippen LogP contribution in [0.15, 0.2) is 24.3 Å². The SMILES string of the molecule is CC(Cl)c1nc2ccccc2n1CC1CCOC1. The number of aromatic nitrogens is 2. The summed E-state index contributed by atoms with van der Waals surface area (Å²) in [6.45, 7) is 4.66. The van der Waals surface area contributed by atoms with Crippen LogP contribution < -0.4 is 0 Å². The Hall–Kier alpha value is -1.06. The van der Waals surface area contributed by atoms with Gasteiger partial charge in [-0.1, -0.05) is 12.1 Å². The highest BCUT2D eigenvalue weighted by molar-refractivity contribution is 6.20. The highest BCUT2D eigenvalue weighted by atomic mass is 35.5. The van der Waals surface area contributed by atoms with Crippen LogP contribution in [0.1, 0.15) is 24.5 Å². The van der Waals surface area contributed by atoms with E-state index in [-0.39, 0.29) is 5.38 Å². The van der Waals surface area contributed by atoms with Crippen molar-refractivity contribution < 1.29 is 4.74 Å². The van der Waals surface area contributed by atoms with E-state index in [4.69, 9.17) is 16.3 Å². The second-order valence-electron chi connectivity index (χ2n) is 4.91. The van der Waals surface area contributed by atoms with Crippen molar-refractivity contribution in [2.45, 2.75) is 25.3 Å². The van der Waals surface area contributed by atoms with Crippen molar-refractivity contribution in [3.05, 3.63) is 30.1 Å². The third kappa shape index (κ3) is 2.13. The van der Waals surface area contributed by atoms with Gasteiger partial charge in [-0.2, -0.15) is 0 Å². The van der Waals surface area contributed by atoms with Crippen molar-refractivity contribution in [3.8, 4) is 0 Å². The number of fused-ring (bicyclic) bond motifs is 1. The van der Waals surface area contributed by atoms with Gasteiger partial charge >= 0.3 is 0 Å². The molecule has 0 radical (unpaired) electrons. The molecule has 2 atom stereocenters. The molecular weight excluding hydrogens is 248 g/mol. The summed E-state index contributed by atoms with van der Waals surface area (Å²) in [5.41, 5.74) is 2.20. The van der Waals surface area contributed by atoms with Crippen LogP contribution in [0.2, 0.25) is 0 Å². The summed E-state index contributed by atoms with van der Waals surface area (Å²) >= 11 is 6.25. The van der Waals surface area contributed by atoms with E-state index in [1.54, 1.807) is 0 Å². The van der Waals surface area contributed by atoms with E-state index in [0.717, 1.165) is 37.5 Å². The molecule has 0 N–H and O–H groups in total. The number of rotatable bonds is 3. The molecule has 2 aromatic rings. The largest absolute Gasteiger partial charge is 0.381 e. The Morgan fingerprint density at radius 1 is 1.50 bits per heavy atom. The lowest BCUT2D eigenvalue weighted by atomic mass is 10.1. The zero-order chi connectivity index (χ0) is 12.5. The lowest BCUT2D eigenvalue weighted by Crippen LogP contribution is -2.13. The quantitative estimate of drug-likeness (QED) is 0.795. The van der Waals surface area contributed by atoms with Gasteiger partial charge < -0.3 is 9.30 Å². The number of halogens is 1. The number of imidazole rings is 1. The molecule has 18 heavy (non-hydrogen) atoms. The lowest BCUT2D eigenvalue weighted by molar-refractivity contribution is 0.182. The summed E-state index contributed by atoms with van der Waals surface area (Å²) in [6, 6.07) is 8.22. The molecule has 0 saturated carbocycles. The molecule has 4 heteroatoms. The normalized spacial score (nSPS) is 21.6. The Kier molecular flexibility index (Phi) is 3.27. The summed E-state index contributed by atoms with van der Waals surface area (Å²) < 4.78 is 7.71. The van der Waals surface area contributed by atoms with E-state index in [2.05, 4.69) is 15.6 Å².